The van der Waals surface area contributed by atoms with E-state index in [0.717, 1.165) is 16.5 Å². The second-order valence-electron chi connectivity index (χ2n) is 2.99. The minimum Gasteiger partial charge on any atom is -0.294 e. The normalized spacial score (nSPS) is 9.43. The molecule has 0 bridgehead atoms. The van der Waals surface area contributed by atoms with Crippen LogP contribution in [0.5, 0.6) is 0 Å². The second kappa shape index (κ2) is 5.62. The molecule has 1 aromatic rings. The van der Waals surface area contributed by atoms with Gasteiger partial charge < -0.3 is 0 Å². The quantitative estimate of drug-likeness (QED) is 0.455. The molecule has 1 rings (SSSR count). The van der Waals surface area contributed by atoms with E-state index in [-0.39, 0.29) is 5.78 Å². The van der Waals surface area contributed by atoms with Gasteiger partial charge in [0.05, 0.1) is 0 Å². The highest BCUT2D eigenvalue weighted by atomic mass is 79.9. The lowest BCUT2D eigenvalue weighted by atomic mass is 10.1. The number of Topliss-reactive ketones (excluding diaryl/α,β-unsaturated/α-hetero) is 1. The fourth-order valence-electron chi connectivity index (χ4n) is 1.13. The lowest BCUT2D eigenvalue weighted by Gasteiger charge is -1.99. The molecule has 0 aromatic heterocycles. The van der Waals surface area contributed by atoms with E-state index in [9.17, 15) is 4.79 Å². The van der Waals surface area contributed by atoms with Crippen molar-refractivity contribution >= 4 is 21.7 Å². The van der Waals surface area contributed by atoms with Gasteiger partial charge in [0.25, 0.3) is 0 Å². The summed E-state index contributed by atoms with van der Waals surface area (Å²) in [4.78, 5) is 11.5. The van der Waals surface area contributed by atoms with Crippen molar-refractivity contribution in [2.45, 2.75) is 19.3 Å². The van der Waals surface area contributed by atoms with Crippen LogP contribution in [0.25, 0.3) is 0 Å². The molecule has 0 aliphatic heterocycles. The van der Waals surface area contributed by atoms with Gasteiger partial charge >= 0.3 is 0 Å². The van der Waals surface area contributed by atoms with Gasteiger partial charge in [-0.15, -0.1) is 12.3 Å². The maximum Gasteiger partial charge on any atom is 0.162 e. The van der Waals surface area contributed by atoms with Gasteiger partial charge in [0.1, 0.15) is 0 Å². The smallest absolute Gasteiger partial charge is 0.162 e. The molecule has 1 aromatic carbocycles. The molecule has 1 nitrogen and oxygen atoms in total. The topological polar surface area (TPSA) is 17.1 Å². The second-order valence-corrected chi connectivity index (χ2v) is 3.90. The number of rotatable bonds is 4. The van der Waals surface area contributed by atoms with Crippen molar-refractivity contribution in [3.05, 3.63) is 34.3 Å². The Hall–Kier alpha value is -1.07. The molecular weight excluding hydrogens is 240 g/mol. The number of terminal acetylenes is 1. The van der Waals surface area contributed by atoms with Crippen LogP contribution < -0.4 is 0 Å². The minimum atomic E-state index is 0.160. The van der Waals surface area contributed by atoms with E-state index in [4.69, 9.17) is 6.42 Å². The highest BCUT2D eigenvalue weighted by Crippen LogP contribution is 2.12. The average Bonchev–Trinajstić information content (AvgIpc) is 2.19. The largest absolute Gasteiger partial charge is 0.294 e. The summed E-state index contributed by atoms with van der Waals surface area (Å²) >= 11 is 3.32. The Morgan fingerprint density at radius 2 is 2.00 bits per heavy atom. The molecule has 0 heterocycles. The molecule has 0 atom stereocenters. The van der Waals surface area contributed by atoms with Crippen LogP contribution in [-0.4, -0.2) is 5.78 Å². The van der Waals surface area contributed by atoms with Crippen molar-refractivity contribution in [3.8, 4) is 12.3 Å². The van der Waals surface area contributed by atoms with Gasteiger partial charge in [-0.2, -0.15) is 0 Å². The van der Waals surface area contributed by atoms with E-state index in [1.54, 1.807) is 0 Å². The van der Waals surface area contributed by atoms with Crippen LogP contribution in [-0.2, 0) is 0 Å². The summed E-state index contributed by atoms with van der Waals surface area (Å²) in [6.45, 7) is 0. The van der Waals surface area contributed by atoms with E-state index in [0.29, 0.717) is 12.8 Å². The summed E-state index contributed by atoms with van der Waals surface area (Å²) in [5.74, 6) is 2.68. The fourth-order valence-corrected chi connectivity index (χ4v) is 1.40. The predicted octanol–water partition coefficient (Wildman–Crippen LogP) is 3.44. The number of hydrogen-bond acceptors (Lipinski definition) is 1. The van der Waals surface area contributed by atoms with Crippen LogP contribution in [0.3, 0.4) is 0 Å². The number of carbonyl (C=O) groups is 1. The van der Waals surface area contributed by atoms with Crippen LogP contribution in [0.15, 0.2) is 28.7 Å². The Balaban J connectivity index is 2.53. The van der Waals surface area contributed by atoms with Crippen molar-refractivity contribution in [2.24, 2.45) is 0 Å². The van der Waals surface area contributed by atoms with E-state index in [1.807, 2.05) is 24.3 Å². The first kappa shape index (κ1) is 11.0. The first-order valence-corrected chi connectivity index (χ1v) is 5.25. The number of unbranched alkanes of at least 4 members (excludes halogenated alkanes) is 1. The van der Waals surface area contributed by atoms with Crippen LogP contribution in [0, 0.1) is 12.3 Å². The van der Waals surface area contributed by atoms with Crippen LogP contribution in [0.1, 0.15) is 29.6 Å². The average molecular weight is 251 g/mol. The van der Waals surface area contributed by atoms with Crippen molar-refractivity contribution in [1.82, 2.24) is 0 Å². The maximum atomic E-state index is 11.5. The monoisotopic (exact) mass is 250 g/mol. The van der Waals surface area contributed by atoms with Crippen LogP contribution in [0.4, 0.5) is 0 Å². The summed E-state index contributed by atoms with van der Waals surface area (Å²) in [6.07, 6.45) is 7.08. The number of halogens is 1. The van der Waals surface area contributed by atoms with Crippen molar-refractivity contribution < 1.29 is 4.79 Å². The fraction of sp³-hybridized carbons (Fsp3) is 0.250. The summed E-state index contributed by atoms with van der Waals surface area (Å²) in [7, 11) is 0. The van der Waals surface area contributed by atoms with Gasteiger partial charge in [-0.1, -0.05) is 28.1 Å². The minimum absolute atomic E-state index is 0.160. The van der Waals surface area contributed by atoms with E-state index < -0.39 is 0 Å². The number of carbonyl (C=O) groups excluding carboxylic acids is 1. The van der Waals surface area contributed by atoms with Crippen LogP contribution in [0.2, 0.25) is 0 Å². The molecule has 0 radical (unpaired) electrons. The van der Waals surface area contributed by atoms with E-state index in [2.05, 4.69) is 21.9 Å². The zero-order valence-electron chi connectivity index (χ0n) is 7.79. The molecular formula is C12H11BrO. The van der Waals surface area contributed by atoms with E-state index >= 15 is 0 Å². The number of ketones is 1. The molecule has 0 aliphatic carbocycles. The highest BCUT2D eigenvalue weighted by Gasteiger charge is 2.03. The molecule has 0 N–H and O–H groups in total. The Kier molecular flexibility index (Phi) is 4.42. The van der Waals surface area contributed by atoms with E-state index in [1.165, 1.54) is 0 Å². The summed E-state index contributed by atoms with van der Waals surface area (Å²) in [5, 5.41) is 0. The van der Waals surface area contributed by atoms with Crippen molar-refractivity contribution in [2.75, 3.05) is 0 Å². The molecule has 0 spiro atoms. The SMILES string of the molecule is C#CCCCC(=O)c1ccc(Br)cc1. The third kappa shape index (κ3) is 3.35. The molecule has 0 aliphatic rings. The molecule has 2 heteroatoms. The van der Waals surface area contributed by atoms with Crippen molar-refractivity contribution in [1.29, 1.82) is 0 Å². The number of benzene rings is 1. The first-order valence-electron chi connectivity index (χ1n) is 4.46. The zero-order valence-corrected chi connectivity index (χ0v) is 9.38. The van der Waals surface area contributed by atoms with Gasteiger partial charge in [0.2, 0.25) is 0 Å². The molecule has 0 saturated heterocycles. The summed E-state index contributed by atoms with van der Waals surface area (Å²) in [5.41, 5.74) is 0.755. The Bertz CT molecular complexity index is 346. The van der Waals surface area contributed by atoms with Gasteiger partial charge in [-0.05, 0) is 18.6 Å². The Labute approximate surface area is 92.6 Å². The Morgan fingerprint density at radius 3 is 2.57 bits per heavy atom. The molecule has 0 saturated carbocycles. The third-order valence-corrected chi connectivity index (χ3v) is 2.42. The molecule has 0 amide bonds. The standard InChI is InChI=1S/C12H11BrO/c1-2-3-4-5-12(14)10-6-8-11(13)9-7-10/h1,6-9H,3-5H2. The van der Waals surface area contributed by atoms with Gasteiger partial charge in [-0.25, -0.2) is 0 Å². The lowest BCUT2D eigenvalue weighted by Crippen LogP contribution is -1.97. The molecule has 0 unspecified atom stereocenters. The molecule has 72 valence electrons. The van der Waals surface area contributed by atoms with Gasteiger partial charge in [0, 0.05) is 22.9 Å². The number of hydrogen-bond donors (Lipinski definition) is 0. The third-order valence-electron chi connectivity index (χ3n) is 1.89. The lowest BCUT2D eigenvalue weighted by molar-refractivity contribution is 0.0980. The van der Waals surface area contributed by atoms with Gasteiger partial charge in [-0.3, -0.25) is 4.79 Å². The van der Waals surface area contributed by atoms with Gasteiger partial charge in [0.15, 0.2) is 5.78 Å². The van der Waals surface area contributed by atoms with Crippen molar-refractivity contribution in [3.63, 3.8) is 0 Å². The Morgan fingerprint density at radius 1 is 1.36 bits per heavy atom. The highest BCUT2D eigenvalue weighted by molar-refractivity contribution is 9.10. The predicted molar refractivity (Wildman–Crippen MR) is 61.2 cm³/mol. The van der Waals surface area contributed by atoms with Crippen LogP contribution >= 0.6 is 15.9 Å². The zero-order chi connectivity index (χ0) is 10.4. The molecule has 14 heavy (non-hydrogen) atoms. The maximum absolute atomic E-state index is 11.5. The summed E-state index contributed by atoms with van der Waals surface area (Å²) in [6, 6.07) is 7.38. The summed E-state index contributed by atoms with van der Waals surface area (Å²) < 4.78 is 0.984. The molecule has 0 fully saturated rings. The first-order chi connectivity index (χ1) is 6.74.